The number of benzene rings is 1. The summed E-state index contributed by atoms with van der Waals surface area (Å²) in [7, 11) is 0. The fourth-order valence-corrected chi connectivity index (χ4v) is 2.24. The van der Waals surface area contributed by atoms with Gasteiger partial charge in [-0.25, -0.2) is 0 Å². The fourth-order valence-electron chi connectivity index (χ4n) is 2.24. The summed E-state index contributed by atoms with van der Waals surface area (Å²) in [6.07, 6.45) is 3.00. The summed E-state index contributed by atoms with van der Waals surface area (Å²) in [4.78, 5) is 2.22. The Morgan fingerprint density at radius 2 is 2.00 bits per heavy atom. The van der Waals surface area contributed by atoms with Crippen molar-refractivity contribution in [2.24, 2.45) is 0 Å². The minimum absolute atomic E-state index is 0.151. The Bertz CT molecular complexity index is 374. The lowest BCUT2D eigenvalue weighted by Gasteiger charge is -2.02. The van der Waals surface area contributed by atoms with Gasteiger partial charge in [-0.1, -0.05) is 42.5 Å². The summed E-state index contributed by atoms with van der Waals surface area (Å²) in [5.74, 6) is 0. The molecule has 1 heterocycles. The van der Waals surface area contributed by atoms with Gasteiger partial charge in [0.1, 0.15) is 0 Å². The molecule has 1 aliphatic heterocycles. The second-order valence-corrected chi connectivity index (χ2v) is 4.06. The van der Waals surface area contributed by atoms with E-state index in [4.69, 9.17) is 0 Å². The lowest BCUT2D eigenvalue weighted by molar-refractivity contribution is 0.204. The molecule has 1 fully saturated rings. The highest BCUT2D eigenvalue weighted by Crippen LogP contribution is 2.44. The Balaban J connectivity index is 2.15. The number of rotatable bonds is 5. The third kappa shape index (κ3) is 1.94. The summed E-state index contributed by atoms with van der Waals surface area (Å²) in [5.41, 5.74) is 1.25. The third-order valence-corrected chi connectivity index (χ3v) is 3.05. The van der Waals surface area contributed by atoms with Crippen molar-refractivity contribution in [3.05, 3.63) is 61.2 Å². The molecule has 16 heavy (non-hydrogen) atoms. The average Bonchev–Trinajstić information content (AvgIpc) is 3.04. The molecule has 0 spiro atoms. The van der Waals surface area contributed by atoms with Gasteiger partial charge in [0.15, 0.2) is 0 Å². The van der Waals surface area contributed by atoms with Crippen LogP contribution in [0, 0.1) is 0 Å². The van der Waals surface area contributed by atoms with Crippen LogP contribution in [0.2, 0.25) is 0 Å². The van der Waals surface area contributed by atoms with Crippen molar-refractivity contribution in [1.29, 1.82) is 0 Å². The van der Waals surface area contributed by atoms with E-state index >= 15 is 0 Å². The van der Waals surface area contributed by atoms with Crippen molar-refractivity contribution in [1.82, 2.24) is 4.90 Å². The molecule has 1 saturated heterocycles. The van der Waals surface area contributed by atoms with E-state index < -0.39 is 6.10 Å². The lowest BCUT2D eigenvalue weighted by Crippen LogP contribution is -2.16. The van der Waals surface area contributed by atoms with Crippen LogP contribution in [0.15, 0.2) is 55.6 Å². The molecule has 1 aromatic rings. The molecule has 0 radical (unpaired) electrons. The van der Waals surface area contributed by atoms with E-state index in [-0.39, 0.29) is 6.04 Å². The van der Waals surface area contributed by atoms with E-state index in [9.17, 15) is 5.11 Å². The van der Waals surface area contributed by atoms with Crippen LogP contribution < -0.4 is 0 Å². The summed E-state index contributed by atoms with van der Waals surface area (Å²) in [6.45, 7) is 8.18. The van der Waals surface area contributed by atoms with Crippen LogP contribution in [0.4, 0.5) is 0 Å². The first-order valence-corrected chi connectivity index (χ1v) is 5.51. The smallest absolute Gasteiger partial charge is 0.0892 e. The molecule has 4 atom stereocenters. The van der Waals surface area contributed by atoms with E-state index in [1.54, 1.807) is 6.08 Å². The minimum Gasteiger partial charge on any atom is -0.387 e. The summed E-state index contributed by atoms with van der Waals surface area (Å²) in [6, 6.07) is 10.7. The second kappa shape index (κ2) is 4.64. The fraction of sp³-hybridized carbons (Fsp3) is 0.286. The molecule has 2 unspecified atom stereocenters. The molecule has 2 heteroatoms. The summed E-state index contributed by atoms with van der Waals surface area (Å²) < 4.78 is 0. The highest BCUT2D eigenvalue weighted by molar-refractivity contribution is 5.29. The Morgan fingerprint density at radius 3 is 2.56 bits per heavy atom. The molecule has 0 amide bonds. The van der Waals surface area contributed by atoms with E-state index in [1.165, 1.54) is 5.56 Å². The number of aliphatic hydroxyl groups is 1. The monoisotopic (exact) mass is 215 g/mol. The minimum atomic E-state index is -0.467. The maximum absolute atomic E-state index is 9.83. The quantitative estimate of drug-likeness (QED) is 0.601. The Labute approximate surface area is 96.5 Å². The molecule has 1 aromatic carbocycles. The lowest BCUT2D eigenvalue weighted by atomic mass is 10.1. The van der Waals surface area contributed by atoms with Gasteiger partial charge in [-0.15, -0.1) is 13.2 Å². The van der Waals surface area contributed by atoms with Crippen molar-refractivity contribution in [2.45, 2.75) is 18.2 Å². The first-order chi connectivity index (χ1) is 7.79. The molecule has 0 aromatic heterocycles. The van der Waals surface area contributed by atoms with Crippen LogP contribution >= 0.6 is 0 Å². The first kappa shape index (κ1) is 11.1. The zero-order chi connectivity index (χ0) is 11.5. The van der Waals surface area contributed by atoms with Crippen molar-refractivity contribution < 1.29 is 5.11 Å². The third-order valence-electron chi connectivity index (χ3n) is 3.05. The molecular formula is C14H17NO. The van der Waals surface area contributed by atoms with E-state index in [0.29, 0.717) is 6.04 Å². The highest BCUT2D eigenvalue weighted by atomic mass is 16.3. The number of nitrogens with zero attached hydrogens (tertiary/aromatic N) is 1. The van der Waals surface area contributed by atoms with E-state index in [1.807, 2.05) is 24.3 Å². The Morgan fingerprint density at radius 1 is 1.31 bits per heavy atom. The average molecular weight is 215 g/mol. The van der Waals surface area contributed by atoms with Gasteiger partial charge in [0.05, 0.1) is 18.2 Å². The molecule has 2 nitrogen and oxygen atoms in total. The SMILES string of the molecule is C=CCN1[C@H](C(O)C=C)[C@@H]1c1ccccc1. The van der Waals surface area contributed by atoms with Gasteiger partial charge in [-0.2, -0.15) is 0 Å². The molecule has 0 aliphatic carbocycles. The largest absolute Gasteiger partial charge is 0.387 e. The van der Waals surface area contributed by atoms with Crippen LogP contribution in [-0.2, 0) is 0 Å². The van der Waals surface area contributed by atoms with Gasteiger partial charge in [0, 0.05) is 6.54 Å². The molecule has 1 N–H and O–H groups in total. The molecular weight excluding hydrogens is 198 g/mol. The van der Waals surface area contributed by atoms with Gasteiger partial charge >= 0.3 is 0 Å². The van der Waals surface area contributed by atoms with Crippen LogP contribution in [0.1, 0.15) is 11.6 Å². The second-order valence-electron chi connectivity index (χ2n) is 4.06. The highest BCUT2D eigenvalue weighted by Gasteiger charge is 2.50. The normalized spacial score (nSPS) is 29.4. The maximum atomic E-state index is 9.83. The number of aliphatic hydroxyl groups excluding tert-OH is 1. The molecule has 2 rings (SSSR count). The molecule has 0 saturated carbocycles. The van der Waals surface area contributed by atoms with E-state index in [0.717, 1.165) is 6.54 Å². The van der Waals surface area contributed by atoms with Crippen LogP contribution in [0.5, 0.6) is 0 Å². The van der Waals surface area contributed by atoms with Crippen LogP contribution in [0.3, 0.4) is 0 Å². The van der Waals surface area contributed by atoms with Crippen molar-refractivity contribution >= 4 is 0 Å². The number of hydrogen-bond donors (Lipinski definition) is 1. The topological polar surface area (TPSA) is 23.2 Å². The maximum Gasteiger partial charge on any atom is 0.0892 e. The van der Waals surface area contributed by atoms with Crippen LogP contribution in [0.25, 0.3) is 0 Å². The zero-order valence-corrected chi connectivity index (χ0v) is 9.29. The predicted octanol–water partition coefficient (Wildman–Crippen LogP) is 2.14. The van der Waals surface area contributed by atoms with Gasteiger partial charge in [-0.05, 0) is 5.56 Å². The van der Waals surface area contributed by atoms with Crippen molar-refractivity contribution in [2.75, 3.05) is 6.54 Å². The molecule has 0 bridgehead atoms. The first-order valence-electron chi connectivity index (χ1n) is 5.51. The molecule has 1 aliphatic rings. The van der Waals surface area contributed by atoms with Gasteiger partial charge < -0.3 is 5.11 Å². The van der Waals surface area contributed by atoms with Crippen molar-refractivity contribution in [3.8, 4) is 0 Å². The summed E-state index contributed by atoms with van der Waals surface area (Å²) in [5, 5.41) is 9.83. The van der Waals surface area contributed by atoms with E-state index in [2.05, 4.69) is 30.2 Å². The predicted molar refractivity (Wildman–Crippen MR) is 66.1 cm³/mol. The zero-order valence-electron chi connectivity index (χ0n) is 9.29. The summed E-state index contributed by atoms with van der Waals surface area (Å²) >= 11 is 0. The van der Waals surface area contributed by atoms with Crippen molar-refractivity contribution in [3.63, 3.8) is 0 Å². The molecule has 84 valence electrons. The van der Waals surface area contributed by atoms with Crippen LogP contribution in [-0.4, -0.2) is 28.7 Å². The standard InChI is InChI=1S/C14H17NO/c1-3-10-15-13(14(15)12(16)4-2)11-8-6-5-7-9-11/h3-9,12-14,16H,1-2,10H2/t12?,13-,14+,15?/m0/s1. The number of hydrogen-bond acceptors (Lipinski definition) is 2. The Kier molecular flexibility index (Phi) is 3.22. The van der Waals surface area contributed by atoms with Gasteiger partial charge in [0.2, 0.25) is 0 Å². The Hall–Kier alpha value is -1.38. The van der Waals surface area contributed by atoms with Gasteiger partial charge in [-0.3, -0.25) is 4.90 Å². The van der Waals surface area contributed by atoms with Gasteiger partial charge in [0.25, 0.3) is 0 Å².